The van der Waals surface area contributed by atoms with Crippen molar-refractivity contribution in [1.82, 2.24) is 25.0 Å². The zero-order chi connectivity index (χ0) is 21.3. The quantitative estimate of drug-likeness (QED) is 0.386. The molecule has 2 fully saturated rings. The third-order valence-electron chi connectivity index (χ3n) is 6.75. The van der Waals surface area contributed by atoms with Crippen molar-refractivity contribution in [3.8, 4) is 11.5 Å². The molecule has 2 aliphatic carbocycles. The second kappa shape index (κ2) is 6.89. The summed E-state index contributed by atoms with van der Waals surface area (Å²) in [6.45, 7) is 1.48. The monoisotopic (exact) mass is 608 g/mol. The standard InChI is InChI=1S/C19H21F2N6O2.Tl/c1-26-14(7-22-25-26)17-23-16-10(4-3-5-19(16,20)21)18(24-17)27-8-12-11(13(12)9-27)6-15(28)29-2;/h7,11-12H,3-6,8-9H2,1-2H3;/t11-,12-;/m0./s1. The van der Waals surface area contributed by atoms with Gasteiger partial charge in [0.25, 0.3) is 0 Å². The number of rotatable bonds is 4. The topological polar surface area (TPSA) is 86.0 Å². The van der Waals surface area contributed by atoms with Crippen LogP contribution in [0.15, 0.2) is 6.20 Å². The van der Waals surface area contributed by atoms with Crippen LogP contribution in [0.4, 0.5) is 14.6 Å². The summed E-state index contributed by atoms with van der Waals surface area (Å²) in [6, 6.07) is 0. The number of carbonyl (C=O) groups excluding carboxylic acids is 1. The van der Waals surface area contributed by atoms with Gasteiger partial charge in [0, 0.05) is 0 Å². The number of carbonyl (C=O) groups is 1. The van der Waals surface area contributed by atoms with E-state index in [1.165, 1.54) is 18.0 Å². The van der Waals surface area contributed by atoms with E-state index in [0.29, 0.717) is 73.9 Å². The third kappa shape index (κ3) is 3.04. The number of esters is 1. The first-order valence-electron chi connectivity index (χ1n) is 9.99. The summed E-state index contributed by atoms with van der Waals surface area (Å²) in [5.41, 5.74) is 0.909. The van der Waals surface area contributed by atoms with Crippen LogP contribution in [-0.4, -0.2) is 76.9 Å². The van der Waals surface area contributed by atoms with Crippen LogP contribution in [0, 0.1) is 11.8 Å². The summed E-state index contributed by atoms with van der Waals surface area (Å²) in [6.07, 6.45) is 2.70. The molecule has 0 amide bonds. The summed E-state index contributed by atoms with van der Waals surface area (Å²) in [5.74, 6) is -1.56. The van der Waals surface area contributed by atoms with Crippen molar-refractivity contribution in [2.75, 3.05) is 25.1 Å². The van der Waals surface area contributed by atoms with Crippen molar-refractivity contribution >= 4 is 37.6 Å². The first-order valence-corrected chi connectivity index (χ1v) is 12.2. The molecule has 3 atom stereocenters. The van der Waals surface area contributed by atoms with Crippen LogP contribution < -0.4 is 4.90 Å². The minimum atomic E-state index is -2.97. The molecule has 0 aromatic carbocycles. The van der Waals surface area contributed by atoms with Gasteiger partial charge in [-0.3, -0.25) is 0 Å². The Morgan fingerprint density at radius 2 is 2.20 bits per heavy atom. The molecule has 0 radical (unpaired) electrons. The minimum absolute atomic E-state index is 0.136. The molecule has 1 unspecified atom stereocenters. The van der Waals surface area contributed by atoms with Crippen molar-refractivity contribution < 1.29 is 18.3 Å². The van der Waals surface area contributed by atoms with Crippen LogP contribution in [0.1, 0.15) is 30.5 Å². The molecule has 1 saturated heterocycles. The van der Waals surface area contributed by atoms with Gasteiger partial charge in [-0.05, 0) is 0 Å². The van der Waals surface area contributed by atoms with E-state index in [1.54, 1.807) is 7.05 Å². The van der Waals surface area contributed by atoms with Gasteiger partial charge < -0.3 is 0 Å². The van der Waals surface area contributed by atoms with Crippen LogP contribution in [0.5, 0.6) is 0 Å². The molecule has 1 aliphatic heterocycles. The molecule has 8 nitrogen and oxygen atoms in total. The van der Waals surface area contributed by atoms with Crippen LogP contribution in [0.3, 0.4) is 0 Å². The number of hydrogen-bond acceptors (Lipinski definition) is 7. The number of aromatic nitrogens is 5. The number of ether oxygens (including phenoxy) is 1. The number of piperidine rings is 1. The van der Waals surface area contributed by atoms with Crippen LogP contribution in [0.25, 0.3) is 11.5 Å². The molecule has 5 rings (SSSR count). The second-order valence-electron chi connectivity index (χ2n) is 8.48. The van der Waals surface area contributed by atoms with E-state index in [1.807, 2.05) is 0 Å². The van der Waals surface area contributed by atoms with E-state index in [-0.39, 0.29) is 26.9 Å². The van der Waals surface area contributed by atoms with Crippen molar-refractivity contribution in [1.29, 1.82) is 0 Å². The van der Waals surface area contributed by atoms with Crippen molar-refractivity contribution in [3.05, 3.63) is 17.5 Å². The fourth-order valence-electron chi connectivity index (χ4n) is 5.03. The summed E-state index contributed by atoms with van der Waals surface area (Å²) in [7, 11) is 3.11. The van der Waals surface area contributed by atoms with Gasteiger partial charge in [-0.25, -0.2) is 0 Å². The number of halogens is 2. The molecular formula is C19H21F2N6O2Tl. The Bertz CT molecular complexity index is 1030. The Labute approximate surface area is 188 Å². The third-order valence-corrected chi connectivity index (χ3v) is 10.8. The Hall–Kier alpha value is -1.73. The van der Waals surface area contributed by atoms with E-state index in [0.717, 1.165) is 13.1 Å². The molecule has 11 heteroatoms. The Morgan fingerprint density at radius 3 is 2.83 bits per heavy atom. The number of methoxy groups -OCH3 is 1. The number of aryl methyl sites for hydroxylation is 1. The zero-order valence-electron chi connectivity index (χ0n) is 16.8. The first kappa shape index (κ1) is 20.2. The van der Waals surface area contributed by atoms with Gasteiger partial charge in [-0.15, -0.1) is 0 Å². The van der Waals surface area contributed by atoms with E-state index in [4.69, 9.17) is 9.72 Å². The predicted molar refractivity (Wildman–Crippen MR) is 103 cm³/mol. The molecular weight excluding hydrogens is 587 g/mol. The molecule has 3 aliphatic rings. The molecule has 1 saturated carbocycles. The number of anilines is 1. The summed E-state index contributed by atoms with van der Waals surface area (Å²) in [4.78, 5) is 22.9. The fourth-order valence-corrected chi connectivity index (χ4v) is 8.19. The van der Waals surface area contributed by atoms with Gasteiger partial charge in [0.2, 0.25) is 0 Å². The van der Waals surface area contributed by atoms with Crippen LogP contribution in [0.2, 0.25) is 2.97 Å². The average molecular weight is 608 g/mol. The zero-order valence-corrected chi connectivity index (χ0v) is 21.3. The maximum absolute atomic E-state index is 14.8. The average Bonchev–Trinajstić information content (AvgIpc) is 3.05. The van der Waals surface area contributed by atoms with E-state index >= 15 is 0 Å². The van der Waals surface area contributed by atoms with E-state index < -0.39 is 5.92 Å². The number of alkyl halides is 2. The molecule has 2 aromatic heterocycles. The Kier molecular flexibility index (Phi) is 4.64. The number of hydrogen-bond donors (Lipinski definition) is 0. The molecule has 156 valence electrons. The fraction of sp³-hybridized carbons (Fsp3) is 0.632. The van der Waals surface area contributed by atoms with Gasteiger partial charge in [0.15, 0.2) is 0 Å². The first-order chi connectivity index (χ1) is 14.2. The summed E-state index contributed by atoms with van der Waals surface area (Å²) >= 11 is 0.687. The van der Waals surface area contributed by atoms with Crippen molar-refractivity contribution in [2.24, 2.45) is 18.9 Å². The number of nitrogens with zero attached hydrogens (tertiary/aromatic N) is 6. The SMILES string of the molecule is COC(=O)C[C@H]1[C@@H]2CN(c3nc(-c4cnnn4C)nc4c3CCCC4(F)F)C[C]12[Tl]. The Morgan fingerprint density at radius 1 is 1.40 bits per heavy atom. The normalized spacial score (nSPS) is 28.7. The Balaban J connectivity index is 1.52. The van der Waals surface area contributed by atoms with Crippen LogP contribution >= 0.6 is 0 Å². The molecule has 0 spiro atoms. The van der Waals surface area contributed by atoms with Gasteiger partial charge in [-0.2, -0.15) is 0 Å². The molecule has 30 heavy (non-hydrogen) atoms. The number of fused-ring (bicyclic) bond motifs is 2. The molecule has 2 aromatic rings. The van der Waals surface area contributed by atoms with E-state index in [9.17, 15) is 13.6 Å². The van der Waals surface area contributed by atoms with Gasteiger partial charge in [0.05, 0.1) is 0 Å². The molecule has 0 bridgehead atoms. The molecule has 3 heterocycles. The second-order valence-corrected chi connectivity index (χ2v) is 12.7. The van der Waals surface area contributed by atoms with Gasteiger partial charge in [-0.1, -0.05) is 0 Å². The molecule has 0 N–H and O–H groups in total. The summed E-state index contributed by atoms with van der Waals surface area (Å²) in [5, 5.41) is 7.74. The maximum atomic E-state index is 14.8. The van der Waals surface area contributed by atoms with Crippen LogP contribution in [-0.2, 0) is 28.9 Å². The van der Waals surface area contributed by atoms with Gasteiger partial charge >= 0.3 is 188 Å². The van der Waals surface area contributed by atoms with Crippen molar-refractivity contribution in [2.45, 2.75) is 34.6 Å². The van der Waals surface area contributed by atoms with Crippen molar-refractivity contribution in [3.63, 3.8) is 0 Å². The summed E-state index contributed by atoms with van der Waals surface area (Å²) < 4.78 is 36.1. The predicted octanol–water partition coefficient (Wildman–Crippen LogP) is 1.66. The van der Waals surface area contributed by atoms with Gasteiger partial charge in [0.1, 0.15) is 0 Å². The van der Waals surface area contributed by atoms with E-state index in [2.05, 4.69) is 20.2 Å².